The fourth-order valence-electron chi connectivity index (χ4n) is 3.10. The van der Waals surface area contributed by atoms with Crippen molar-refractivity contribution in [3.63, 3.8) is 0 Å². The first-order valence-electron chi connectivity index (χ1n) is 9.35. The molecule has 0 saturated heterocycles. The van der Waals surface area contributed by atoms with E-state index in [9.17, 15) is 22.8 Å². The maximum atomic E-state index is 13.1. The summed E-state index contributed by atoms with van der Waals surface area (Å²) in [5, 5.41) is -0.00303. The Hall–Kier alpha value is -3.46. The third-order valence-corrected chi connectivity index (χ3v) is 4.76. The van der Waals surface area contributed by atoms with Crippen LogP contribution in [0.15, 0.2) is 51.7 Å². The summed E-state index contributed by atoms with van der Waals surface area (Å²) in [4.78, 5) is 23.7. The molecule has 3 aromatic rings. The van der Waals surface area contributed by atoms with Crippen LogP contribution in [0.5, 0.6) is 17.2 Å². The fourth-order valence-corrected chi connectivity index (χ4v) is 3.38. The summed E-state index contributed by atoms with van der Waals surface area (Å²) >= 11 is 6.21. The minimum absolute atomic E-state index is 0.0914. The lowest BCUT2D eigenvalue weighted by molar-refractivity contribution is -0.136. The minimum Gasteiger partial charge on any atom is -0.489 e. The minimum atomic E-state index is -4.74. The normalized spacial score (nSPS) is 13.9. The van der Waals surface area contributed by atoms with E-state index in [4.69, 9.17) is 30.2 Å². The lowest BCUT2D eigenvalue weighted by Crippen LogP contribution is -2.11. The Morgan fingerprint density at radius 1 is 1.09 bits per heavy atom. The number of rotatable bonds is 3. The molecule has 0 fully saturated rings. The molecule has 6 nitrogen and oxygen atoms in total. The van der Waals surface area contributed by atoms with Crippen molar-refractivity contribution in [1.29, 1.82) is 0 Å². The predicted molar refractivity (Wildman–Crippen MR) is 109 cm³/mol. The van der Waals surface area contributed by atoms with E-state index < -0.39 is 23.3 Å². The van der Waals surface area contributed by atoms with Crippen molar-refractivity contribution in [3.05, 3.63) is 69.0 Å². The monoisotopic (exact) mass is 466 g/mol. The van der Waals surface area contributed by atoms with E-state index in [1.54, 1.807) is 12.1 Å². The molecule has 0 radical (unpaired) electrons. The summed E-state index contributed by atoms with van der Waals surface area (Å²) < 4.78 is 60.4. The van der Waals surface area contributed by atoms with Gasteiger partial charge >= 0.3 is 17.8 Å². The van der Waals surface area contributed by atoms with E-state index in [1.807, 2.05) is 0 Å². The lowest BCUT2D eigenvalue weighted by Gasteiger charge is -2.10. The Kier molecular flexibility index (Phi) is 5.84. The van der Waals surface area contributed by atoms with E-state index in [0.29, 0.717) is 47.8 Å². The van der Waals surface area contributed by atoms with E-state index in [1.165, 1.54) is 12.1 Å². The van der Waals surface area contributed by atoms with E-state index in [2.05, 4.69) is 0 Å². The number of carbonyl (C=O) groups excluding carboxylic acids is 1. The summed E-state index contributed by atoms with van der Waals surface area (Å²) in [6.07, 6.45) is -1.48. The van der Waals surface area contributed by atoms with Crippen molar-refractivity contribution in [2.75, 3.05) is 13.2 Å². The van der Waals surface area contributed by atoms with Crippen LogP contribution in [0.4, 0.5) is 13.2 Å². The van der Waals surface area contributed by atoms with Gasteiger partial charge in [0.25, 0.3) is 0 Å². The van der Waals surface area contributed by atoms with Crippen molar-refractivity contribution in [1.82, 2.24) is 0 Å². The molecule has 2 heterocycles. The zero-order valence-corrected chi connectivity index (χ0v) is 17.0. The van der Waals surface area contributed by atoms with E-state index in [0.717, 1.165) is 18.2 Å². The molecule has 0 atom stereocenters. The van der Waals surface area contributed by atoms with Crippen LogP contribution in [0.3, 0.4) is 0 Å². The Morgan fingerprint density at radius 3 is 2.66 bits per heavy atom. The number of fused-ring (bicyclic) bond motifs is 2. The van der Waals surface area contributed by atoms with Gasteiger partial charge in [-0.2, -0.15) is 13.2 Å². The van der Waals surface area contributed by atoms with Crippen LogP contribution in [0.1, 0.15) is 17.5 Å². The van der Waals surface area contributed by atoms with Gasteiger partial charge in [-0.1, -0.05) is 11.6 Å². The van der Waals surface area contributed by atoms with Crippen molar-refractivity contribution in [3.8, 4) is 17.2 Å². The van der Waals surface area contributed by atoms with Gasteiger partial charge in [0.05, 0.1) is 23.8 Å². The van der Waals surface area contributed by atoms with E-state index in [-0.39, 0.29) is 16.7 Å². The molecule has 32 heavy (non-hydrogen) atoms. The van der Waals surface area contributed by atoms with E-state index >= 15 is 0 Å². The number of ether oxygens (including phenoxy) is 3. The van der Waals surface area contributed by atoms with Gasteiger partial charge in [0, 0.05) is 30.0 Å². The molecule has 0 spiro atoms. The maximum absolute atomic E-state index is 13.1. The largest absolute Gasteiger partial charge is 0.489 e. The molecular formula is C22H14ClF3O6. The third kappa shape index (κ3) is 4.72. The highest BCUT2D eigenvalue weighted by molar-refractivity contribution is 6.32. The quantitative estimate of drug-likeness (QED) is 0.227. The predicted octanol–water partition coefficient (Wildman–Crippen LogP) is 5.25. The standard InChI is InChI=1S/C22H14ClF3O6/c23-16-8-12(9-18-21(16)30-7-1-6-29-18)2-5-19(27)31-13-3-4-14-15(22(24,25)26)11-20(28)32-17(14)10-13/h2-5,8-11H,1,6-7H2. The van der Waals surface area contributed by atoms with Gasteiger partial charge in [-0.05, 0) is 35.9 Å². The molecule has 0 unspecified atom stereocenters. The molecule has 1 aromatic heterocycles. The average Bonchev–Trinajstić information content (AvgIpc) is 2.97. The van der Waals surface area contributed by atoms with Gasteiger partial charge in [0.2, 0.25) is 0 Å². The topological polar surface area (TPSA) is 75.0 Å². The second-order valence-electron chi connectivity index (χ2n) is 6.77. The molecule has 2 aromatic carbocycles. The molecule has 4 rings (SSSR count). The maximum Gasteiger partial charge on any atom is 0.417 e. The van der Waals surface area contributed by atoms with Gasteiger partial charge < -0.3 is 18.6 Å². The fraction of sp³-hybridized carbons (Fsp3) is 0.182. The molecular weight excluding hydrogens is 453 g/mol. The van der Waals surface area contributed by atoms with Crippen molar-refractivity contribution < 1.29 is 36.6 Å². The number of carbonyl (C=O) groups is 1. The van der Waals surface area contributed by atoms with Gasteiger partial charge in [-0.25, -0.2) is 9.59 Å². The van der Waals surface area contributed by atoms with Crippen LogP contribution in [0.25, 0.3) is 17.0 Å². The second kappa shape index (κ2) is 8.58. The number of alkyl halides is 3. The molecule has 0 aliphatic carbocycles. The van der Waals surface area contributed by atoms with Crippen LogP contribution < -0.4 is 19.8 Å². The summed E-state index contributed by atoms with van der Waals surface area (Å²) in [7, 11) is 0. The highest BCUT2D eigenvalue weighted by Gasteiger charge is 2.33. The molecule has 0 saturated carbocycles. The molecule has 0 bridgehead atoms. The number of halogens is 4. The summed E-state index contributed by atoms with van der Waals surface area (Å²) in [5.41, 5.74) is -2.10. The van der Waals surface area contributed by atoms with Gasteiger partial charge in [0.1, 0.15) is 11.3 Å². The highest BCUT2D eigenvalue weighted by atomic mass is 35.5. The smallest absolute Gasteiger partial charge is 0.417 e. The molecule has 1 aliphatic rings. The van der Waals surface area contributed by atoms with Crippen molar-refractivity contribution in [2.45, 2.75) is 12.6 Å². The summed E-state index contributed by atoms with van der Waals surface area (Å²) in [6.45, 7) is 0.942. The van der Waals surface area contributed by atoms with Crippen LogP contribution in [-0.4, -0.2) is 19.2 Å². The Labute approximate surface area is 183 Å². The summed E-state index contributed by atoms with van der Waals surface area (Å²) in [5.74, 6) is -0.0129. The SMILES string of the molecule is O=C(C=Cc1cc(Cl)c2c(c1)OCCCO2)Oc1ccc2c(C(F)(F)F)cc(=O)oc2c1. The zero-order chi connectivity index (χ0) is 22.9. The number of esters is 1. The first kappa shape index (κ1) is 21.8. The molecule has 1 aliphatic heterocycles. The van der Waals surface area contributed by atoms with Crippen LogP contribution in [-0.2, 0) is 11.0 Å². The second-order valence-corrected chi connectivity index (χ2v) is 7.18. The molecule has 10 heteroatoms. The molecule has 166 valence electrons. The average molecular weight is 467 g/mol. The number of hydrogen-bond donors (Lipinski definition) is 0. The lowest BCUT2D eigenvalue weighted by atomic mass is 10.1. The van der Waals surface area contributed by atoms with Gasteiger partial charge in [-0.15, -0.1) is 0 Å². The van der Waals surface area contributed by atoms with Crippen molar-refractivity contribution in [2.24, 2.45) is 0 Å². The Balaban J connectivity index is 1.54. The van der Waals surface area contributed by atoms with Crippen LogP contribution in [0.2, 0.25) is 5.02 Å². The zero-order valence-electron chi connectivity index (χ0n) is 16.2. The first-order valence-corrected chi connectivity index (χ1v) is 9.73. The van der Waals surface area contributed by atoms with Crippen LogP contribution >= 0.6 is 11.6 Å². The molecule has 0 N–H and O–H groups in total. The van der Waals surface area contributed by atoms with Gasteiger partial charge in [0.15, 0.2) is 11.5 Å². The highest BCUT2D eigenvalue weighted by Crippen LogP contribution is 2.38. The van der Waals surface area contributed by atoms with Gasteiger partial charge in [-0.3, -0.25) is 0 Å². The van der Waals surface area contributed by atoms with Crippen LogP contribution in [0, 0.1) is 0 Å². The summed E-state index contributed by atoms with van der Waals surface area (Å²) in [6, 6.07) is 6.89. The number of hydrogen-bond acceptors (Lipinski definition) is 6. The van der Waals surface area contributed by atoms with Crippen molar-refractivity contribution >= 4 is 34.6 Å². The molecule has 0 amide bonds. The number of benzene rings is 2. The Bertz CT molecular complexity index is 1280. The third-order valence-electron chi connectivity index (χ3n) is 4.48. The first-order chi connectivity index (χ1) is 15.2. The Morgan fingerprint density at radius 2 is 1.88 bits per heavy atom.